The lowest BCUT2D eigenvalue weighted by Crippen LogP contribution is -2.49. The second-order valence-corrected chi connectivity index (χ2v) is 6.86. The van der Waals surface area contributed by atoms with E-state index in [0.717, 1.165) is 50.8 Å². The number of aliphatic hydroxyl groups excluding tert-OH is 1. The summed E-state index contributed by atoms with van der Waals surface area (Å²) in [6.45, 7) is 1.55. The number of amides is 1. The number of benzene rings is 1. The van der Waals surface area contributed by atoms with Gasteiger partial charge in [-0.05, 0) is 49.8 Å². The van der Waals surface area contributed by atoms with E-state index in [1.54, 1.807) is 12.1 Å². The summed E-state index contributed by atoms with van der Waals surface area (Å²) in [6.07, 6.45) is 6.03. The molecule has 1 aromatic rings. The Kier molecular flexibility index (Phi) is 4.39. The molecule has 22 heavy (non-hydrogen) atoms. The number of carbonyl (C=O) groups is 1. The number of piperidine rings is 1. The molecule has 0 bridgehead atoms. The molecule has 1 heterocycles. The Hall–Kier alpha value is -1.55. The fourth-order valence-corrected chi connectivity index (χ4v) is 4.04. The SMILES string of the molecule is O=C(CCc1ccc(O)cc1)N1CCC[C@]2(CCC[C@H]2O)C1. The number of likely N-dealkylation sites (tertiary alicyclic amines) is 1. The van der Waals surface area contributed by atoms with Gasteiger partial charge < -0.3 is 15.1 Å². The summed E-state index contributed by atoms with van der Waals surface area (Å²) < 4.78 is 0. The molecular weight excluding hydrogens is 278 g/mol. The average molecular weight is 303 g/mol. The van der Waals surface area contributed by atoms with Gasteiger partial charge in [-0.3, -0.25) is 4.79 Å². The molecule has 1 aliphatic heterocycles. The molecule has 2 aliphatic rings. The highest BCUT2D eigenvalue weighted by Gasteiger charge is 2.45. The fourth-order valence-electron chi connectivity index (χ4n) is 4.04. The Labute approximate surface area is 131 Å². The molecule has 1 spiro atoms. The first-order valence-corrected chi connectivity index (χ1v) is 8.33. The number of hydrogen-bond donors (Lipinski definition) is 2. The number of carbonyl (C=O) groups excluding carboxylic acids is 1. The van der Waals surface area contributed by atoms with Gasteiger partial charge in [0.05, 0.1) is 6.10 Å². The van der Waals surface area contributed by atoms with Crippen molar-refractivity contribution in [2.45, 2.75) is 51.0 Å². The number of hydrogen-bond acceptors (Lipinski definition) is 3. The van der Waals surface area contributed by atoms with Gasteiger partial charge in [0.15, 0.2) is 0 Å². The average Bonchev–Trinajstić information content (AvgIpc) is 2.87. The van der Waals surface area contributed by atoms with Crippen LogP contribution in [0.25, 0.3) is 0 Å². The van der Waals surface area contributed by atoms with Crippen molar-refractivity contribution in [2.75, 3.05) is 13.1 Å². The van der Waals surface area contributed by atoms with E-state index in [1.165, 1.54) is 0 Å². The van der Waals surface area contributed by atoms with Crippen LogP contribution in [0.2, 0.25) is 0 Å². The van der Waals surface area contributed by atoms with Crippen LogP contribution >= 0.6 is 0 Å². The van der Waals surface area contributed by atoms with Gasteiger partial charge in [-0.2, -0.15) is 0 Å². The second kappa shape index (κ2) is 6.29. The minimum Gasteiger partial charge on any atom is -0.508 e. The third-order valence-corrected chi connectivity index (χ3v) is 5.38. The third-order valence-electron chi connectivity index (χ3n) is 5.38. The number of aromatic hydroxyl groups is 1. The number of aliphatic hydroxyl groups is 1. The van der Waals surface area contributed by atoms with Gasteiger partial charge in [-0.15, -0.1) is 0 Å². The molecule has 1 amide bonds. The second-order valence-electron chi connectivity index (χ2n) is 6.86. The highest BCUT2D eigenvalue weighted by Crippen LogP contribution is 2.45. The molecule has 0 unspecified atom stereocenters. The minimum atomic E-state index is -0.236. The molecule has 0 radical (unpaired) electrons. The normalized spacial score (nSPS) is 28.2. The van der Waals surface area contributed by atoms with E-state index in [-0.39, 0.29) is 23.2 Å². The number of nitrogens with zero attached hydrogens (tertiary/aromatic N) is 1. The van der Waals surface area contributed by atoms with E-state index < -0.39 is 0 Å². The van der Waals surface area contributed by atoms with Crippen LogP contribution in [-0.2, 0) is 11.2 Å². The zero-order chi connectivity index (χ0) is 15.6. The third kappa shape index (κ3) is 3.12. The Balaban J connectivity index is 1.56. The van der Waals surface area contributed by atoms with Gasteiger partial charge in [0, 0.05) is 24.9 Å². The van der Waals surface area contributed by atoms with Crippen molar-refractivity contribution in [3.05, 3.63) is 29.8 Å². The largest absolute Gasteiger partial charge is 0.508 e. The molecule has 3 rings (SSSR count). The monoisotopic (exact) mass is 303 g/mol. The van der Waals surface area contributed by atoms with Crippen molar-refractivity contribution in [2.24, 2.45) is 5.41 Å². The van der Waals surface area contributed by atoms with Gasteiger partial charge in [0.2, 0.25) is 5.91 Å². The van der Waals surface area contributed by atoms with Crippen molar-refractivity contribution < 1.29 is 15.0 Å². The van der Waals surface area contributed by atoms with Crippen LogP contribution in [0, 0.1) is 5.41 Å². The van der Waals surface area contributed by atoms with Crippen molar-refractivity contribution in [1.29, 1.82) is 0 Å². The zero-order valence-corrected chi connectivity index (χ0v) is 13.0. The minimum absolute atomic E-state index is 0.0353. The lowest BCUT2D eigenvalue weighted by molar-refractivity contribution is -0.136. The van der Waals surface area contributed by atoms with Crippen LogP contribution in [-0.4, -0.2) is 40.2 Å². The zero-order valence-electron chi connectivity index (χ0n) is 13.0. The van der Waals surface area contributed by atoms with E-state index in [2.05, 4.69) is 0 Å². The first kappa shape index (κ1) is 15.3. The van der Waals surface area contributed by atoms with Gasteiger partial charge in [-0.1, -0.05) is 18.6 Å². The Morgan fingerprint density at radius 1 is 1.23 bits per heavy atom. The number of aryl methyl sites for hydroxylation is 1. The summed E-state index contributed by atoms with van der Waals surface area (Å²) in [5, 5.41) is 19.6. The van der Waals surface area contributed by atoms with Crippen LogP contribution in [0.3, 0.4) is 0 Å². The number of phenols is 1. The van der Waals surface area contributed by atoms with E-state index >= 15 is 0 Å². The van der Waals surface area contributed by atoms with Crippen molar-refractivity contribution in [3.63, 3.8) is 0 Å². The molecule has 4 heteroatoms. The van der Waals surface area contributed by atoms with E-state index in [1.807, 2.05) is 17.0 Å². The molecule has 1 aliphatic carbocycles. The molecule has 1 aromatic carbocycles. The van der Waals surface area contributed by atoms with Gasteiger partial charge in [-0.25, -0.2) is 0 Å². The molecular formula is C18H25NO3. The quantitative estimate of drug-likeness (QED) is 0.902. The van der Waals surface area contributed by atoms with Crippen molar-refractivity contribution in [1.82, 2.24) is 4.90 Å². The maximum atomic E-state index is 12.5. The van der Waals surface area contributed by atoms with Crippen LogP contribution < -0.4 is 0 Å². The summed E-state index contributed by atoms with van der Waals surface area (Å²) in [5.74, 6) is 0.439. The smallest absolute Gasteiger partial charge is 0.222 e. The predicted octanol–water partition coefficient (Wildman–Crippen LogP) is 2.48. The van der Waals surface area contributed by atoms with Gasteiger partial charge in [0.25, 0.3) is 0 Å². The highest BCUT2D eigenvalue weighted by molar-refractivity contribution is 5.76. The van der Waals surface area contributed by atoms with Gasteiger partial charge >= 0.3 is 0 Å². The summed E-state index contributed by atoms with van der Waals surface area (Å²) >= 11 is 0. The summed E-state index contributed by atoms with van der Waals surface area (Å²) in [5.41, 5.74) is 1.03. The first-order chi connectivity index (χ1) is 10.6. The molecule has 2 N–H and O–H groups in total. The molecule has 120 valence electrons. The van der Waals surface area contributed by atoms with E-state index in [4.69, 9.17) is 0 Å². The summed E-state index contributed by atoms with van der Waals surface area (Å²) in [7, 11) is 0. The fraction of sp³-hybridized carbons (Fsp3) is 0.611. The van der Waals surface area contributed by atoms with Crippen LogP contribution in [0.1, 0.15) is 44.1 Å². The van der Waals surface area contributed by atoms with Crippen LogP contribution in [0.4, 0.5) is 0 Å². The maximum Gasteiger partial charge on any atom is 0.222 e. The maximum absolute atomic E-state index is 12.5. The first-order valence-electron chi connectivity index (χ1n) is 8.33. The Bertz CT molecular complexity index is 528. The van der Waals surface area contributed by atoms with Crippen molar-refractivity contribution >= 4 is 5.91 Å². The van der Waals surface area contributed by atoms with Crippen LogP contribution in [0.5, 0.6) is 5.75 Å². The van der Waals surface area contributed by atoms with E-state index in [9.17, 15) is 15.0 Å². The molecule has 2 fully saturated rings. The van der Waals surface area contributed by atoms with Gasteiger partial charge in [0.1, 0.15) is 5.75 Å². The molecule has 0 aromatic heterocycles. The highest BCUT2D eigenvalue weighted by atomic mass is 16.3. The standard InChI is InChI=1S/C18H25NO3/c20-15-7-4-14(5-8-15)6-9-17(22)19-12-2-11-18(13-19)10-1-3-16(18)21/h4-5,7-8,16,20-21H,1-3,6,9-13H2/t16-,18-/m1/s1. The molecule has 4 nitrogen and oxygen atoms in total. The van der Waals surface area contributed by atoms with E-state index in [0.29, 0.717) is 12.8 Å². The van der Waals surface area contributed by atoms with Crippen molar-refractivity contribution in [3.8, 4) is 5.75 Å². The predicted molar refractivity (Wildman–Crippen MR) is 84.5 cm³/mol. The number of rotatable bonds is 3. The Morgan fingerprint density at radius 2 is 1.95 bits per heavy atom. The lowest BCUT2D eigenvalue weighted by Gasteiger charge is -2.42. The summed E-state index contributed by atoms with van der Waals surface area (Å²) in [4.78, 5) is 14.4. The lowest BCUT2D eigenvalue weighted by atomic mass is 9.76. The Morgan fingerprint density at radius 3 is 2.64 bits per heavy atom. The number of phenolic OH excluding ortho intramolecular Hbond substituents is 1. The molecule has 2 atom stereocenters. The summed E-state index contributed by atoms with van der Waals surface area (Å²) in [6, 6.07) is 7.04. The molecule has 1 saturated carbocycles. The molecule has 1 saturated heterocycles. The van der Waals surface area contributed by atoms with Crippen LogP contribution in [0.15, 0.2) is 24.3 Å². The topological polar surface area (TPSA) is 60.8 Å².